The molecule has 27 heavy (non-hydrogen) atoms. The number of hydrogen-bond donors (Lipinski definition) is 2. The largest absolute Gasteiger partial charge is 0.497 e. The fraction of sp³-hybridized carbons (Fsp3) is 0.526. The molecule has 0 aromatic heterocycles. The molecule has 0 spiro atoms. The molecule has 1 aromatic carbocycles. The lowest BCUT2D eigenvalue weighted by Crippen LogP contribution is -2.54. The summed E-state index contributed by atoms with van der Waals surface area (Å²) in [5, 5.41) is 14.8. The Labute approximate surface area is 158 Å². The van der Waals surface area contributed by atoms with E-state index in [0.29, 0.717) is 17.9 Å². The summed E-state index contributed by atoms with van der Waals surface area (Å²) in [6.07, 6.45) is 2.19. The summed E-state index contributed by atoms with van der Waals surface area (Å²) in [5.41, 5.74) is 1.27. The molecule has 1 aromatic rings. The van der Waals surface area contributed by atoms with Crippen molar-refractivity contribution in [3.8, 4) is 5.75 Å². The van der Waals surface area contributed by atoms with Gasteiger partial charge >= 0.3 is 11.9 Å². The number of nitrogens with zero attached hydrogens (tertiary/aromatic N) is 2. The van der Waals surface area contributed by atoms with Gasteiger partial charge in [-0.2, -0.15) is 0 Å². The molecule has 8 nitrogen and oxygen atoms in total. The second kappa shape index (κ2) is 9.36. The average Bonchev–Trinajstić information content (AvgIpc) is 3.47. The van der Waals surface area contributed by atoms with Crippen LogP contribution in [0.15, 0.2) is 24.3 Å². The quantitative estimate of drug-likeness (QED) is 0.760. The van der Waals surface area contributed by atoms with Crippen LogP contribution in [-0.2, 0) is 20.9 Å². The Morgan fingerprint density at radius 2 is 1.81 bits per heavy atom. The van der Waals surface area contributed by atoms with E-state index < -0.39 is 11.9 Å². The third-order valence-corrected chi connectivity index (χ3v) is 4.64. The Bertz CT molecular complexity index is 677. The van der Waals surface area contributed by atoms with Gasteiger partial charge in [-0.1, -0.05) is 12.1 Å². The second-order valence-electron chi connectivity index (χ2n) is 6.85. The second-order valence-corrected chi connectivity index (χ2v) is 6.85. The minimum Gasteiger partial charge on any atom is -0.497 e. The van der Waals surface area contributed by atoms with Crippen LogP contribution in [0.25, 0.3) is 0 Å². The van der Waals surface area contributed by atoms with Crippen LogP contribution < -0.4 is 4.74 Å². The van der Waals surface area contributed by atoms with Crippen LogP contribution in [0.1, 0.15) is 25.3 Å². The molecule has 2 aliphatic rings. The van der Waals surface area contributed by atoms with Crippen molar-refractivity contribution in [3.63, 3.8) is 0 Å². The predicted molar refractivity (Wildman–Crippen MR) is 97.4 cm³/mol. The lowest BCUT2D eigenvalue weighted by molar-refractivity contribution is -0.159. The smallest absolute Gasteiger partial charge is 0.414 e. The number of carbonyl (C=O) groups excluding carboxylic acids is 1. The third-order valence-electron chi connectivity index (χ3n) is 4.64. The fourth-order valence-electron chi connectivity index (χ4n) is 3.10. The Morgan fingerprint density at radius 1 is 1.15 bits per heavy atom. The van der Waals surface area contributed by atoms with E-state index in [0.717, 1.165) is 44.8 Å². The van der Waals surface area contributed by atoms with Gasteiger partial charge in [-0.15, -0.1) is 0 Å². The molecule has 3 rings (SSSR count). The topological polar surface area (TPSA) is 107 Å². The summed E-state index contributed by atoms with van der Waals surface area (Å²) in [6.45, 7) is 5.86. The van der Waals surface area contributed by atoms with Gasteiger partial charge in [0.15, 0.2) is 0 Å². The highest BCUT2D eigenvalue weighted by Gasteiger charge is 2.37. The predicted octanol–water partition coefficient (Wildman–Crippen LogP) is 1.29. The van der Waals surface area contributed by atoms with Gasteiger partial charge in [-0.3, -0.25) is 9.69 Å². The zero-order chi connectivity index (χ0) is 20.0. The Kier molecular flexibility index (Phi) is 7.18. The summed E-state index contributed by atoms with van der Waals surface area (Å²) in [6, 6.07) is 8.54. The summed E-state index contributed by atoms with van der Waals surface area (Å²) in [5.74, 6) is -2.03. The lowest BCUT2D eigenvalue weighted by Gasteiger charge is -2.40. The standard InChI is InChI=1S/C17H24N2O2.C2H2O4/c1-13-11-18(8-9-19(13)17(20)15-6-7-15)12-14-4-3-5-16(10-14)21-2;3-1(4)2(5)6/h3-5,10,13,15H,6-9,11-12H2,1-2H3;(H,3,4)(H,5,6)/t13-;/m0./s1. The summed E-state index contributed by atoms with van der Waals surface area (Å²) >= 11 is 0. The molecule has 1 aliphatic heterocycles. The molecule has 0 unspecified atom stereocenters. The summed E-state index contributed by atoms with van der Waals surface area (Å²) in [4.78, 5) is 34.9. The molecule has 1 aliphatic carbocycles. The number of carbonyl (C=O) groups is 3. The van der Waals surface area contributed by atoms with Crippen molar-refractivity contribution in [2.24, 2.45) is 5.92 Å². The van der Waals surface area contributed by atoms with Gasteiger partial charge in [0.25, 0.3) is 0 Å². The van der Waals surface area contributed by atoms with Crippen LogP contribution in [0.5, 0.6) is 5.75 Å². The Morgan fingerprint density at radius 3 is 2.33 bits per heavy atom. The van der Waals surface area contributed by atoms with Crippen LogP contribution in [-0.4, -0.2) is 70.6 Å². The van der Waals surface area contributed by atoms with Crippen molar-refractivity contribution in [3.05, 3.63) is 29.8 Å². The van der Waals surface area contributed by atoms with E-state index in [1.54, 1.807) is 7.11 Å². The first kappa shape index (κ1) is 20.7. The van der Waals surface area contributed by atoms with Crippen LogP contribution >= 0.6 is 0 Å². The highest BCUT2D eigenvalue weighted by molar-refractivity contribution is 6.27. The van der Waals surface area contributed by atoms with Crippen molar-refractivity contribution in [1.29, 1.82) is 0 Å². The molecule has 1 amide bonds. The Hall–Kier alpha value is -2.61. The van der Waals surface area contributed by atoms with Gasteiger partial charge in [0.2, 0.25) is 5.91 Å². The molecule has 0 radical (unpaired) electrons. The van der Waals surface area contributed by atoms with Crippen LogP contribution in [0.3, 0.4) is 0 Å². The SMILES string of the molecule is COc1cccc(CN2CCN(C(=O)C3CC3)[C@@H](C)C2)c1.O=C(O)C(=O)O. The van der Waals surface area contributed by atoms with Crippen molar-refractivity contribution >= 4 is 17.8 Å². The summed E-state index contributed by atoms with van der Waals surface area (Å²) < 4.78 is 5.28. The molecule has 1 heterocycles. The van der Waals surface area contributed by atoms with Gasteiger partial charge in [0, 0.05) is 38.1 Å². The molecule has 1 saturated carbocycles. The zero-order valence-electron chi connectivity index (χ0n) is 15.6. The van der Waals surface area contributed by atoms with E-state index in [9.17, 15) is 4.79 Å². The molecule has 8 heteroatoms. The molecule has 2 fully saturated rings. The number of rotatable bonds is 4. The minimum absolute atomic E-state index is 0.317. The highest BCUT2D eigenvalue weighted by atomic mass is 16.5. The van der Waals surface area contributed by atoms with Gasteiger partial charge < -0.3 is 19.8 Å². The lowest BCUT2D eigenvalue weighted by atomic mass is 10.1. The minimum atomic E-state index is -1.82. The van der Waals surface area contributed by atoms with Gasteiger partial charge in [-0.05, 0) is 37.5 Å². The first-order valence-corrected chi connectivity index (χ1v) is 8.93. The van der Waals surface area contributed by atoms with Crippen molar-refractivity contribution < 1.29 is 29.3 Å². The number of piperazine rings is 1. The van der Waals surface area contributed by atoms with E-state index in [-0.39, 0.29) is 0 Å². The van der Waals surface area contributed by atoms with Gasteiger partial charge in [-0.25, -0.2) is 9.59 Å². The molecule has 148 valence electrons. The van der Waals surface area contributed by atoms with E-state index in [1.807, 2.05) is 12.1 Å². The molecular formula is C19H26N2O6. The maximum absolute atomic E-state index is 12.2. The zero-order valence-corrected chi connectivity index (χ0v) is 15.6. The molecule has 2 N–H and O–H groups in total. The average molecular weight is 378 g/mol. The van der Waals surface area contributed by atoms with Gasteiger partial charge in [0.05, 0.1) is 7.11 Å². The first-order valence-electron chi connectivity index (χ1n) is 8.93. The van der Waals surface area contributed by atoms with E-state index in [1.165, 1.54) is 5.56 Å². The van der Waals surface area contributed by atoms with E-state index >= 15 is 0 Å². The van der Waals surface area contributed by atoms with Crippen molar-refractivity contribution in [1.82, 2.24) is 9.80 Å². The maximum atomic E-state index is 12.2. The van der Waals surface area contributed by atoms with Crippen LogP contribution in [0, 0.1) is 5.92 Å². The number of hydrogen-bond acceptors (Lipinski definition) is 5. The molecule has 1 saturated heterocycles. The number of amides is 1. The molecule has 1 atom stereocenters. The van der Waals surface area contributed by atoms with Crippen molar-refractivity contribution in [2.45, 2.75) is 32.4 Å². The highest BCUT2D eigenvalue weighted by Crippen LogP contribution is 2.32. The van der Waals surface area contributed by atoms with Crippen molar-refractivity contribution in [2.75, 3.05) is 26.7 Å². The van der Waals surface area contributed by atoms with Crippen LogP contribution in [0.4, 0.5) is 0 Å². The fourth-order valence-corrected chi connectivity index (χ4v) is 3.10. The van der Waals surface area contributed by atoms with Gasteiger partial charge in [0.1, 0.15) is 5.75 Å². The maximum Gasteiger partial charge on any atom is 0.414 e. The monoisotopic (exact) mass is 378 g/mol. The van der Waals surface area contributed by atoms with E-state index in [4.69, 9.17) is 24.5 Å². The number of aliphatic carboxylic acids is 2. The van der Waals surface area contributed by atoms with E-state index in [2.05, 4.69) is 28.9 Å². The number of carboxylic acid groups (broad SMARTS) is 2. The normalized spacial score (nSPS) is 19.6. The number of carboxylic acids is 2. The first-order chi connectivity index (χ1) is 12.8. The molecule has 0 bridgehead atoms. The summed E-state index contributed by atoms with van der Waals surface area (Å²) in [7, 11) is 1.70. The Balaban J connectivity index is 0.000000380. The third kappa shape index (κ3) is 6.25. The van der Waals surface area contributed by atoms with Crippen LogP contribution in [0.2, 0.25) is 0 Å². The molecular weight excluding hydrogens is 352 g/mol. The number of methoxy groups -OCH3 is 1. The number of benzene rings is 1. The number of ether oxygens (including phenoxy) is 1.